The van der Waals surface area contributed by atoms with Crippen LogP contribution in [-0.2, 0) is 26.7 Å². The third kappa shape index (κ3) is 8.64. The first kappa shape index (κ1) is 39.1. The van der Waals surface area contributed by atoms with Gasteiger partial charge in [0.1, 0.15) is 0 Å². The third-order valence-electron chi connectivity index (χ3n) is 10.6. The number of ether oxygens (including phenoxy) is 1. The van der Waals surface area contributed by atoms with Gasteiger partial charge in [-0.15, -0.1) is 0 Å². The van der Waals surface area contributed by atoms with Gasteiger partial charge in [-0.2, -0.15) is 18.2 Å². The molecule has 13 nitrogen and oxygen atoms in total. The van der Waals surface area contributed by atoms with Crippen LogP contribution in [0.15, 0.2) is 53.7 Å². The molecule has 2 aromatic heterocycles. The molecule has 1 unspecified atom stereocenters. The fraction of sp³-hybridized carbons (Fsp3) is 0.447. The van der Waals surface area contributed by atoms with E-state index in [2.05, 4.69) is 59.3 Å². The molecule has 0 saturated carbocycles. The minimum atomic E-state index is -4.02. The van der Waals surface area contributed by atoms with Crippen molar-refractivity contribution in [2.24, 2.45) is 7.05 Å². The molecule has 0 bridgehead atoms. The molecule has 7 rings (SSSR count). The molecular formula is C38H40F4N8O5S. The second-order valence-electron chi connectivity index (χ2n) is 14.1. The van der Waals surface area contributed by atoms with Crippen LogP contribution >= 0.6 is 0 Å². The number of hydrogen-bond acceptors (Lipinski definition) is 10. The summed E-state index contributed by atoms with van der Waals surface area (Å²) in [4.78, 5) is 34.1. The van der Waals surface area contributed by atoms with E-state index >= 15 is 0 Å². The number of fused-ring (bicyclic) bond motifs is 1. The number of nitrogens with zero attached hydrogens (tertiary/aromatic N) is 6. The first-order valence-corrected chi connectivity index (χ1v) is 19.8. The van der Waals surface area contributed by atoms with Gasteiger partial charge in [0.15, 0.2) is 5.75 Å². The molecule has 4 aromatic rings. The summed E-state index contributed by atoms with van der Waals surface area (Å²) in [5.74, 6) is 5.04. The lowest BCUT2D eigenvalue weighted by Gasteiger charge is -2.31. The van der Waals surface area contributed by atoms with Gasteiger partial charge in [-0.05, 0) is 74.9 Å². The molecule has 18 heteroatoms. The van der Waals surface area contributed by atoms with E-state index in [1.807, 2.05) is 13.1 Å². The quantitative estimate of drug-likeness (QED) is 0.129. The summed E-state index contributed by atoms with van der Waals surface area (Å²) in [6, 6.07) is 9.52. The number of halogens is 4. The van der Waals surface area contributed by atoms with Crippen molar-refractivity contribution in [1.29, 1.82) is 0 Å². The van der Waals surface area contributed by atoms with Crippen LogP contribution in [0.5, 0.6) is 5.75 Å². The maximum atomic E-state index is 14.0. The number of carbonyl (C=O) groups is 2. The molecule has 0 radical (unpaired) electrons. The molecule has 2 aromatic carbocycles. The Bertz CT molecular complexity index is 2260. The summed E-state index contributed by atoms with van der Waals surface area (Å²) in [6.45, 7) is -0.901. The molecule has 5 heterocycles. The Hall–Kier alpha value is -5.12. The van der Waals surface area contributed by atoms with E-state index in [1.54, 1.807) is 4.68 Å². The molecule has 0 aliphatic carbocycles. The topological polar surface area (TPSA) is 152 Å². The number of benzene rings is 2. The Kier molecular flexibility index (Phi) is 11.6. The van der Waals surface area contributed by atoms with Crippen LogP contribution in [0.25, 0.3) is 10.9 Å². The monoisotopic (exact) mass is 796 g/mol. The van der Waals surface area contributed by atoms with Gasteiger partial charge < -0.3 is 10.1 Å². The van der Waals surface area contributed by atoms with Gasteiger partial charge in [-0.3, -0.25) is 24.5 Å². The second kappa shape index (κ2) is 16.5. The number of anilines is 1. The lowest BCUT2D eigenvalue weighted by molar-refractivity contribution is -0.134. The van der Waals surface area contributed by atoms with E-state index in [9.17, 15) is 35.6 Å². The van der Waals surface area contributed by atoms with Crippen LogP contribution in [0, 0.1) is 11.8 Å². The first-order valence-electron chi connectivity index (χ1n) is 18.3. The van der Waals surface area contributed by atoms with Crippen molar-refractivity contribution in [3.05, 3.63) is 71.2 Å². The van der Waals surface area contributed by atoms with Gasteiger partial charge in [-0.25, -0.2) is 27.2 Å². The van der Waals surface area contributed by atoms with E-state index in [1.165, 1.54) is 16.4 Å². The predicted molar refractivity (Wildman–Crippen MR) is 197 cm³/mol. The highest BCUT2D eigenvalue weighted by Crippen LogP contribution is 2.35. The van der Waals surface area contributed by atoms with Gasteiger partial charge in [0.05, 0.1) is 41.0 Å². The average molecular weight is 797 g/mol. The number of alkyl halides is 4. The van der Waals surface area contributed by atoms with Gasteiger partial charge >= 0.3 is 6.61 Å². The maximum absolute atomic E-state index is 14.0. The standard InChI is InChI=1S/C38H40F4N8O5S/c1-48-32-20-24(4-6-30(32)34(47-48)31-8-9-33(51)46-36(31)52)23-10-15-49(16-11-23)14-2-3-25-19-28(5-7-29(25)35(39)40)56(53,54)50-17-12-26(13-18-50)45-38-43-21-27(22-44-38)55-37(41)42/h4-7,19-23,26,31,35,37H,8-18H2,1H3,(H,43,44,45)(H,46,51,52). The van der Waals surface area contributed by atoms with Crippen LogP contribution in [0.2, 0.25) is 0 Å². The molecule has 0 spiro atoms. The molecule has 2 amide bonds. The highest BCUT2D eigenvalue weighted by molar-refractivity contribution is 7.89. The van der Waals surface area contributed by atoms with Crippen LogP contribution < -0.4 is 15.4 Å². The molecule has 3 fully saturated rings. The van der Waals surface area contributed by atoms with E-state index in [0.717, 1.165) is 60.9 Å². The second-order valence-corrected chi connectivity index (χ2v) is 16.1. The highest BCUT2D eigenvalue weighted by atomic mass is 32.2. The number of piperidine rings is 3. The first-order chi connectivity index (χ1) is 26.8. The van der Waals surface area contributed by atoms with Crippen molar-refractivity contribution in [2.45, 2.75) is 74.3 Å². The van der Waals surface area contributed by atoms with Crippen molar-refractivity contribution in [1.82, 2.24) is 34.3 Å². The van der Waals surface area contributed by atoms with Gasteiger partial charge in [0, 0.05) is 49.1 Å². The molecule has 1 atom stereocenters. The zero-order chi connectivity index (χ0) is 39.6. The number of nitrogens with one attached hydrogen (secondary N) is 2. The normalized spacial score (nSPS) is 19.3. The van der Waals surface area contributed by atoms with Crippen molar-refractivity contribution in [3.8, 4) is 17.6 Å². The highest BCUT2D eigenvalue weighted by Gasteiger charge is 2.33. The molecular weight excluding hydrogens is 757 g/mol. The number of likely N-dealkylation sites (tertiary alicyclic amines) is 1. The Morgan fingerprint density at radius 3 is 2.38 bits per heavy atom. The number of sulfonamides is 1. The Morgan fingerprint density at radius 1 is 0.964 bits per heavy atom. The minimum Gasteiger partial charge on any atom is -0.432 e. The summed E-state index contributed by atoms with van der Waals surface area (Å²) < 4.78 is 87.3. The number of rotatable bonds is 10. The summed E-state index contributed by atoms with van der Waals surface area (Å²) in [7, 11) is -2.17. The zero-order valence-corrected chi connectivity index (χ0v) is 31.2. The predicted octanol–water partition coefficient (Wildman–Crippen LogP) is 4.92. The summed E-state index contributed by atoms with van der Waals surface area (Å²) >= 11 is 0. The van der Waals surface area contributed by atoms with E-state index in [4.69, 9.17) is 0 Å². The molecule has 2 N–H and O–H groups in total. The van der Waals surface area contributed by atoms with Crippen LogP contribution in [-0.4, -0.2) is 94.6 Å². The van der Waals surface area contributed by atoms with Crippen molar-refractivity contribution >= 4 is 38.7 Å². The van der Waals surface area contributed by atoms with E-state index in [-0.39, 0.29) is 71.0 Å². The summed E-state index contributed by atoms with van der Waals surface area (Å²) in [5.41, 5.74) is 2.37. The smallest absolute Gasteiger partial charge is 0.387 e. The van der Waals surface area contributed by atoms with Gasteiger partial charge in [0.25, 0.3) is 6.43 Å². The fourth-order valence-electron chi connectivity index (χ4n) is 7.56. The fourth-order valence-corrected chi connectivity index (χ4v) is 9.06. The molecule has 296 valence electrons. The minimum absolute atomic E-state index is 0.0370. The number of carbonyl (C=O) groups excluding carboxylic acids is 2. The number of aromatic nitrogens is 4. The lowest BCUT2D eigenvalue weighted by atomic mass is 9.88. The number of imide groups is 1. The number of aryl methyl sites for hydroxylation is 1. The lowest BCUT2D eigenvalue weighted by Crippen LogP contribution is -2.42. The largest absolute Gasteiger partial charge is 0.432 e. The number of amides is 2. The van der Waals surface area contributed by atoms with Crippen molar-refractivity contribution in [3.63, 3.8) is 0 Å². The Balaban J connectivity index is 0.951. The van der Waals surface area contributed by atoms with Crippen LogP contribution in [0.3, 0.4) is 0 Å². The van der Waals surface area contributed by atoms with Crippen molar-refractivity contribution in [2.75, 3.05) is 38.0 Å². The zero-order valence-electron chi connectivity index (χ0n) is 30.4. The van der Waals surface area contributed by atoms with Crippen molar-refractivity contribution < 1.29 is 40.3 Å². The average Bonchev–Trinajstić information content (AvgIpc) is 3.50. The van der Waals surface area contributed by atoms with E-state index < -0.39 is 29.0 Å². The van der Waals surface area contributed by atoms with Gasteiger partial charge in [-0.1, -0.05) is 30.0 Å². The van der Waals surface area contributed by atoms with Crippen LogP contribution in [0.1, 0.15) is 79.2 Å². The summed E-state index contributed by atoms with van der Waals surface area (Å²) in [6.07, 6.45) is 2.59. The molecule has 3 aliphatic rings. The number of hydrogen-bond donors (Lipinski definition) is 2. The SMILES string of the molecule is Cn1nc(C2CCC(=O)NC2=O)c2ccc(C3CCN(CC#Cc4cc(S(=O)(=O)N5CCC(Nc6ncc(OC(F)F)cn6)CC5)ccc4C(F)F)CC3)cc21. The maximum Gasteiger partial charge on any atom is 0.387 e. The summed E-state index contributed by atoms with van der Waals surface area (Å²) in [5, 5.41) is 11.0. The van der Waals surface area contributed by atoms with E-state index in [0.29, 0.717) is 31.5 Å². The molecule has 3 saturated heterocycles. The molecule has 56 heavy (non-hydrogen) atoms. The van der Waals surface area contributed by atoms with Crippen LogP contribution in [0.4, 0.5) is 23.5 Å². The third-order valence-corrected chi connectivity index (χ3v) is 12.5. The van der Waals surface area contributed by atoms with Gasteiger partial charge in [0.2, 0.25) is 27.8 Å². The molecule has 3 aliphatic heterocycles. The Labute approximate surface area is 320 Å². The Morgan fingerprint density at radius 2 is 1.70 bits per heavy atom.